The van der Waals surface area contributed by atoms with Gasteiger partial charge in [-0.3, -0.25) is 4.79 Å². The molecule has 3 aromatic rings. The smallest absolute Gasteiger partial charge is 0.272 e. The van der Waals surface area contributed by atoms with Gasteiger partial charge >= 0.3 is 0 Å². The maximum absolute atomic E-state index is 12.7. The van der Waals surface area contributed by atoms with Crippen LogP contribution in [-0.2, 0) is 12.0 Å². The topological polar surface area (TPSA) is 70.7 Å². The second kappa shape index (κ2) is 6.72. The third-order valence-electron chi connectivity index (χ3n) is 5.30. The summed E-state index contributed by atoms with van der Waals surface area (Å²) in [5, 5.41) is 3.54. The first-order valence-electron chi connectivity index (χ1n) is 8.94. The third-order valence-corrected chi connectivity index (χ3v) is 5.66. The summed E-state index contributed by atoms with van der Waals surface area (Å²) in [6.45, 7) is 2.59. The number of benzene rings is 1. The van der Waals surface area contributed by atoms with Gasteiger partial charge in [0.1, 0.15) is 5.82 Å². The summed E-state index contributed by atoms with van der Waals surface area (Å²) in [7, 11) is 0. The van der Waals surface area contributed by atoms with Crippen molar-refractivity contribution in [1.29, 1.82) is 0 Å². The minimum Gasteiger partial charge on any atom is -0.346 e. The highest BCUT2D eigenvalue weighted by atomic mass is 35.5. The van der Waals surface area contributed by atoms with Gasteiger partial charge in [-0.25, -0.2) is 9.97 Å². The first-order chi connectivity index (χ1) is 12.6. The van der Waals surface area contributed by atoms with Crippen LogP contribution >= 0.6 is 11.6 Å². The van der Waals surface area contributed by atoms with Crippen molar-refractivity contribution >= 4 is 28.5 Å². The van der Waals surface area contributed by atoms with Crippen molar-refractivity contribution in [2.24, 2.45) is 0 Å². The van der Waals surface area contributed by atoms with E-state index in [2.05, 4.69) is 22.2 Å². The maximum atomic E-state index is 12.7. The number of halogens is 1. The zero-order valence-electron chi connectivity index (χ0n) is 14.7. The average molecular weight is 369 g/mol. The Labute approximate surface area is 157 Å². The van der Waals surface area contributed by atoms with Gasteiger partial charge < -0.3 is 10.3 Å². The molecule has 1 saturated carbocycles. The van der Waals surface area contributed by atoms with Gasteiger partial charge in [0.15, 0.2) is 5.69 Å². The van der Waals surface area contributed by atoms with Crippen LogP contribution in [0.3, 0.4) is 0 Å². The number of hydrogen-bond acceptors (Lipinski definition) is 3. The SMILES string of the molecule is CC1(c2nc3ccnc(C(=O)NCc4ccccc4Cl)c3[nH]2)CCCC1. The van der Waals surface area contributed by atoms with Crippen molar-refractivity contribution in [2.45, 2.75) is 44.6 Å². The molecule has 0 unspecified atom stereocenters. The lowest BCUT2D eigenvalue weighted by atomic mass is 9.88. The second-order valence-electron chi connectivity index (χ2n) is 7.18. The highest BCUT2D eigenvalue weighted by Crippen LogP contribution is 2.39. The molecule has 1 aliphatic carbocycles. The van der Waals surface area contributed by atoms with Crippen LogP contribution in [0.25, 0.3) is 11.0 Å². The lowest BCUT2D eigenvalue weighted by Crippen LogP contribution is -2.24. The summed E-state index contributed by atoms with van der Waals surface area (Å²) < 4.78 is 0. The first-order valence-corrected chi connectivity index (χ1v) is 9.31. The summed E-state index contributed by atoms with van der Waals surface area (Å²) >= 11 is 6.16. The standard InChI is InChI=1S/C20H21ClN4O/c1-20(9-4-5-10-20)19-24-15-8-11-22-17(16(15)25-19)18(26)23-12-13-6-2-3-7-14(13)21/h2-3,6-8,11H,4-5,9-10,12H2,1H3,(H,23,26)(H,24,25). The fraction of sp³-hybridized carbons (Fsp3) is 0.350. The molecule has 0 saturated heterocycles. The number of nitrogens with zero attached hydrogens (tertiary/aromatic N) is 2. The molecular formula is C20H21ClN4O. The molecule has 0 bridgehead atoms. The first kappa shape index (κ1) is 17.0. The number of aromatic nitrogens is 3. The van der Waals surface area contributed by atoms with Crippen molar-refractivity contribution in [3.05, 3.63) is 58.6 Å². The van der Waals surface area contributed by atoms with Gasteiger partial charge in [0, 0.05) is 23.2 Å². The summed E-state index contributed by atoms with van der Waals surface area (Å²) in [5.74, 6) is 0.723. The Hall–Kier alpha value is -2.40. The van der Waals surface area contributed by atoms with Crippen LogP contribution in [0.4, 0.5) is 0 Å². The van der Waals surface area contributed by atoms with E-state index >= 15 is 0 Å². The quantitative estimate of drug-likeness (QED) is 0.718. The molecule has 5 nitrogen and oxygen atoms in total. The number of nitrogens with one attached hydrogen (secondary N) is 2. The summed E-state index contributed by atoms with van der Waals surface area (Å²) in [5.41, 5.74) is 2.79. The van der Waals surface area contributed by atoms with E-state index in [9.17, 15) is 4.79 Å². The Kier molecular flexibility index (Phi) is 4.41. The zero-order chi connectivity index (χ0) is 18.1. The number of rotatable bonds is 4. The molecular weight excluding hydrogens is 348 g/mol. The molecule has 2 aromatic heterocycles. The lowest BCUT2D eigenvalue weighted by molar-refractivity contribution is 0.0947. The van der Waals surface area contributed by atoms with Crippen LogP contribution in [0.2, 0.25) is 5.02 Å². The van der Waals surface area contributed by atoms with Gasteiger partial charge in [-0.2, -0.15) is 0 Å². The van der Waals surface area contributed by atoms with Crippen molar-refractivity contribution < 1.29 is 4.79 Å². The summed E-state index contributed by atoms with van der Waals surface area (Å²) in [4.78, 5) is 25.1. The molecule has 1 amide bonds. The Balaban J connectivity index is 1.60. The molecule has 2 N–H and O–H groups in total. The second-order valence-corrected chi connectivity index (χ2v) is 7.59. The maximum Gasteiger partial charge on any atom is 0.272 e. The molecule has 4 rings (SSSR count). The van der Waals surface area contributed by atoms with Crippen LogP contribution in [0.1, 0.15) is 54.5 Å². The molecule has 1 aliphatic rings. The lowest BCUT2D eigenvalue weighted by Gasteiger charge is -2.19. The summed E-state index contributed by atoms with van der Waals surface area (Å²) in [6.07, 6.45) is 6.31. The Morgan fingerprint density at radius 2 is 2.04 bits per heavy atom. The number of aromatic amines is 1. The van der Waals surface area contributed by atoms with Gasteiger partial charge in [0.05, 0.1) is 11.0 Å². The molecule has 0 radical (unpaired) electrons. The molecule has 1 fully saturated rings. The van der Waals surface area contributed by atoms with E-state index in [0.29, 0.717) is 22.8 Å². The number of pyridine rings is 1. The number of fused-ring (bicyclic) bond motifs is 1. The number of carbonyl (C=O) groups excluding carboxylic acids is 1. The molecule has 26 heavy (non-hydrogen) atoms. The van der Waals surface area contributed by atoms with Crippen LogP contribution in [-0.4, -0.2) is 20.9 Å². The monoisotopic (exact) mass is 368 g/mol. The van der Waals surface area contributed by atoms with Crippen LogP contribution in [0.15, 0.2) is 36.5 Å². The van der Waals surface area contributed by atoms with Crippen LogP contribution in [0, 0.1) is 0 Å². The molecule has 0 aliphatic heterocycles. The van der Waals surface area contributed by atoms with Gasteiger partial charge in [0.25, 0.3) is 5.91 Å². The highest BCUT2D eigenvalue weighted by molar-refractivity contribution is 6.31. The van der Waals surface area contributed by atoms with E-state index in [1.54, 1.807) is 6.20 Å². The Bertz CT molecular complexity index is 959. The van der Waals surface area contributed by atoms with Gasteiger partial charge in [-0.15, -0.1) is 0 Å². The number of carbonyl (C=O) groups is 1. The fourth-order valence-corrected chi connectivity index (χ4v) is 3.89. The predicted octanol–water partition coefficient (Wildman–Crippen LogP) is 4.37. The number of hydrogen-bond donors (Lipinski definition) is 2. The van der Waals surface area contributed by atoms with Crippen molar-refractivity contribution in [1.82, 2.24) is 20.3 Å². The summed E-state index contributed by atoms with van der Waals surface area (Å²) in [6, 6.07) is 9.32. The normalized spacial score (nSPS) is 16.1. The molecule has 0 atom stereocenters. The van der Waals surface area contributed by atoms with Gasteiger partial charge in [-0.1, -0.05) is 49.6 Å². The minimum atomic E-state index is -0.234. The van der Waals surface area contributed by atoms with Gasteiger partial charge in [-0.05, 0) is 30.5 Å². The predicted molar refractivity (Wildman–Crippen MR) is 102 cm³/mol. The highest BCUT2D eigenvalue weighted by Gasteiger charge is 2.34. The van der Waals surface area contributed by atoms with Crippen LogP contribution in [0.5, 0.6) is 0 Å². The van der Waals surface area contributed by atoms with E-state index in [4.69, 9.17) is 16.6 Å². The third kappa shape index (κ3) is 3.07. The minimum absolute atomic E-state index is 0.0599. The van der Waals surface area contributed by atoms with E-state index in [0.717, 1.165) is 29.7 Å². The van der Waals surface area contributed by atoms with E-state index in [1.807, 2.05) is 30.3 Å². The molecule has 134 valence electrons. The van der Waals surface area contributed by atoms with E-state index < -0.39 is 0 Å². The molecule has 6 heteroatoms. The van der Waals surface area contributed by atoms with Gasteiger partial charge in [0.2, 0.25) is 0 Å². The molecule has 0 spiro atoms. The number of amides is 1. The average Bonchev–Trinajstić information content (AvgIpc) is 3.27. The van der Waals surface area contributed by atoms with E-state index in [1.165, 1.54) is 12.8 Å². The van der Waals surface area contributed by atoms with Crippen molar-refractivity contribution in [2.75, 3.05) is 0 Å². The zero-order valence-corrected chi connectivity index (χ0v) is 15.4. The van der Waals surface area contributed by atoms with Crippen molar-refractivity contribution in [3.8, 4) is 0 Å². The Morgan fingerprint density at radius 1 is 1.27 bits per heavy atom. The molecule has 1 aromatic carbocycles. The molecule has 2 heterocycles. The fourth-order valence-electron chi connectivity index (χ4n) is 3.69. The Morgan fingerprint density at radius 3 is 2.81 bits per heavy atom. The number of H-pyrrole nitrogens is 1. The number of imidazole rings is 1. The largest absolute Gasteiger partial charge is 0.346 e. The van der Waals surface area contributed by atoms with Crippen molar-refractivity contribution in [3.63, 3.8) is 0 Å². The van der Waals surface area contributed by atoms with E-state index in [-0.39, 0.29) is 11.3 Å². The van der Waals surface area contributed by atoms with Crippen LogP contribution < -0.4 is 5.32 Å².